The first-order valence-corrected chi connectivity index (χ1v) is 14.6. The van der Waals surface area contributed by atoms with Crippen molar-refractivity contribution < 1.29 is 32.7 Å². The summed E-state index contributed by atoms with van der Waals surface area (Å²) in [6, 6.07) is 9.14. The van der Waals surface area contributed by atoms with E-state index in [0.717, 1.165) is 77.0 Å². The van der Waals surface area contributed by atoms with Gasteiger partial charge in [-0.2, -0.15) is 0 Å². The summed E-state index contributed by atoms with van der Waals surface area (Å²) in [5.74, 6) is -0.754. The van der Waals surface area contributed by atoms with Crippen LogP contribution in [0, 0.1) is 0 Å². The van der Waals surface area contributed by atoms with Crippen LogP contribution < -0.4 is 5.30 Å². The zero-order valence-electron chi connectivity index (χ0n) is 21.6. The molecule has 0 aliphatic heterocycles. The van der Waals surface area contributed by atoms with Gasteiger partial charge < -0.3 is 18.5 Å². The molecule has 1 rings (SSSR count). The maximum Gasteiger partial charge on any atom is 0.361 e. The van der Waals surface area contributed by atoms with Crippen molar-refractivity contribution in [3.63, 3.8) is 0 Å². The number of hydrogen-bond donors (Lipinski definition) is 0. The first kappa shape index (κ1) is 31.8. The molecule has 36 heavy (non-hydrogen) atoms. The van der Waals surface area contributed by atoms with Crippen LogP contribution in [0.5, 0.6) is 0 Å². The molecule has 0 aliphatic carbocycles. The van der Waals surface area contributed by atoms with Gasteiger partial charge in [0.2, 0.25) is 0 Å². The zero-order valence-corrected chi connectivity index (χ0v) is 22.5. The van der Waals surface area contributed by atoms with Gasteiger partial charge >= 0.3 is 19.5 Å². The van der Waals surface area contributed by atoms with Crippen LogP contribution in [0.2, 0.25) is 0 Å². The topological polar surface area (TPSA) is 88.1 Å². The predicted octanol–water partition coefficient (Wildman–Crippen LogP) is 6.68. The molecule has 0 N–H and O–H groups in total. The number of carbonyl (C=O) groups excluding carboxylic acids is 2. The predicted molar refractivity (Wildman–Crippen MR) is 143 cm³/mol. The summed E-state index contributed by atoms with van der Waals surface area (Å²) < 4.78 is 35.0. The van der Waals surface area contributed by atoms with Crippen molar-refractivity contribution in [3.05, 3.63) is 55.6 Å². The van der Waals surface area contributed by atoms with Crippen LogP contribution in [-0.4, -0.2) is 38.4 Å². The lowest BCUT2D eigenvalue weighted by Gasteiger charge is -2.19. The number of hydrogen-bond acceptors (Lipinski definition) is 7. The summed E-state index contributed by atoms with van der Waals surface area (Å²) in [5.41, 5.74) is 0. The Morgan fingerprint density at radius 2 is 0.972 bits per heavy atom. The van der Waals surface area contributed by atoms with Crippen molar-refractivity contribution in [2.24, 2.45) is 0 Å². The fourth-order valence-corrected chi connectivity index (χ4v) is 5.10. The monoisotopic (exact) mass is 522 g/mol. The molecule has 0 bridgehead atoms. The second-order valence-electron chi connectivity index (χ2n) is 8.49. The molecule has 0 radical (unpaired) electrons. The van der Waals surface area contributed by atoms with E-state index in [1.165, 1.54) is 12.2 Å². The smallest absolute Gasteiger partial charge is 0.361 e. The van der Waals surface area contributed by atoms with Crippen molar-refractivity contribution in [3.8, 4) is 0 Å². The highest BCUT2D eigenvalue weighted by Crippen LogP contribution is 2.47. The molecule has 8 heteroatoms. The van der Waals surface area contributed by atoms with E-state index in [4.69, 9.17) is 18.5 Å². The Kier molecular flexibility index (Phi) is 18.5. The van der Waals surface area contributed by atoms with E-state index in [-0.39, 0.29) is 11.9 Å². The standard InChI is InChI=1S/C28H43O7P/c1-3-27(29)32-22-16-9-5-7-11-18-24-34-36(31,26-20-14-13-15-21-26)35-25-19-12-8-6-10-17-23-33-28(30)4-2/h3-4,13-15,20-21H,1-2,5-12,16-19,22-25H2. The van der Waals surface area contributed by atoms with E-state index < -0.39 is 7.60 Å². The van der Waals surface area contributed by atoms with Crippen LogP contribution in [0.1, 0.15) is 77.0 Å². The van der Waals surface area contributed by atoms with Crippen LogP contribution in [0.4, 0.5) is 0 Å². The molecule has 0 aromatic heterocycles. The Balaban J connectivity index is 2.20. The van der Waals surface area contributed by atoms with Gasteiger partial charge in [0.05, 0.1) is 31.7 Å². The summed E-state index contributed by atoms with van der Waals surface area (Å²) in [4.78, 5) is 22.0. The molecule has 0 saturated heterocycles. The lowest BCUT2D eigenvalue weighted by Crippen LogP contribution is -2.11. The maximum absolute atomic E-state index is 13.4. The average Bonchev–Trinajstić information content (AvgIpc) is 2.90. The Labute approximate surface area is 216 Å². The first-order chi connectivity index (χ1) is 17.5. The molecule has 0 atom stereocenters. The number of rotatable bonds is 23. The highest BCUT2D eigenvalue weighted by Gasteiger charge is 2.27. The van der Waals surface area contributed by atoms with E-state index in [9.17, 15) is 14.2 Å². The Morgan fingerprint density at radius 3 is 1.36 bits per heavy atom. The second-order valence-corrected chi connectivity index (χ2v) is 10.5. The molecule has 0 saturated carbocycles. The number of esters is 2. The third kappa shape index (κ3) is 15.7. The summed E-state index contributed by atoms with van der Waals surface area (Å²) in [6.07, 6.45) is 13.8. The van der Waals surface area contributed by atoms with Crippen molar-refractivity contribution in [2.45, 2.75) is 77.0 Å². The van der Waals surface area contributed by atoms with E-state index in [2.05, 4.69) is 13.2 Å². The van der Waals surface area contributed by atoms with E-state index in [1.807, 2.05) is 18.2 Å². The normalized spacial score (nSPS) is 11.1. The van der Waals surface area contributed by atoms with Gasteiger partial charge in [0, 0.05) is 12.2 Å². The fourth-order valence-electron chi connectivity index (χ4n) is 3.45. The Bertz CT molecular complexity index is 750. The Hall–Kier alpha value is -2.21. The minimum absolute atomic E-state index is 0.377. The van der Waals surface area contributed by atoms with Gasteiger partial charge in [0.25, 0.3) is 0 Å². The van der Waals surface area contributed by atoms with Gasteiger partial charge in [-0.15, -0.1) is 0 Å². The molecule has 0 aliphatic rings. The first-order valence-electron chi connectivity index (χ1n) is 13.0. The van der Waals surface area contributed by atoms with Crippen molar-refractivity contribution in [1.29, 1.82) is 0 Å². The molecule has 0 unspecified atom stereocenters. The van der Waals surface area contributed by atoms with Crippen molar-refractivity contribution in [1.82, 2.24) is 0 Å². The molecule has 0 amide bonds. The van der Waals surface area contributed by atoms with Gasteiger partial charge in [-0.25, -0.2) is 9.59 Å². The summed E-state index contributed by atoms with van der Waals surface area (Å²) in [6.45, 7) is 8.38. The average molecular weight is 523 g/mol. The van der Waals surface area contributed by atoms with Gasteiger partial charge in [0.15, 0.2) is 0 Å². The van der Waals surface area contributed by atoms with Gasteiger partial charge in [-0.1, -0.05) is 82.7 Å². The molecule has 7 nitrogen and oxygen atoms in total. The van der Waals surface area contributed by atoms with Crippen LogP contribution in [0.3, 0.4) is 0 Å². The number of unbranched alkanes of at least 4 members (excludes halogenated alkanes) is 10. The highest BCUT2D eigenvalue weighted by molar-refractivity contribution is 7.62. The van der Waals surface area contributed by atoms with E-state index in [1.54, 1.807) is 12.1 Å². The van der Waals surface area contributed by atoms with Gasteiger partial charge in [0.1, 0.15) is 0 Å². The SMILES string of the molecule is C=CC(=O)OCCCCCCCCOP(=O)(OCCCCCCCCOC(=O)C=C)c1ccccc1. The van der Waals surface area contributed by atoms with Gasteiger partial charge in [-0.05, 0) is 37.8 Å². The van der Waals surface area contributed by atoms with Crippen LogP contribution >= 0.6 is 7.60 Å². The zero-order chi connectivity index (χ0) is 26.3. The summed E-state index contributed by atoms with van der Waals surface area (Å²) >= 11 is 0. The molecule has 1 aromatic carbocycles. The van der Waals surface area contributed by atoms with Crippen LogP contribution in [0.15, 0.2) is 55.6 Å². The van der Waals surface area contributed by atoms with Crippen molar-refractivity contribution >= 4 is 24.8 Å². The summed E-state index contributed by atoms with van der Waals surface area (Å²) in [7, 11) is -3.35. The maximum atomic E-state index is 13.4. The number of benzene rings is 1. The van der Waals surface area contributed by atoms with E-state index in [0.29, 0.717) is 31.7 Å². The minimum atomic E-state index is -3.35. The summed E-state index contributed by atoms with van der Waals surface area (Å²) in [5, 5.41) is 0.591. The fraction of sp³-hybridized carbons (Fsp3) is 0.571. The number of carbonyl (C=O) groups is 2. The lowest BCUT2D eigenvalue weighted by atomic mass is 10.1. The van der Waals surface area contributed by atoms with Crippen LogP contribution in [-0.2, 0) is 32.7 Å². The largest absolute Gasteiger partial charge is 0.463 e. The molecule has 0 fully saturated rings. The third-order valence-corrected chi connectivity index (χ3v) is 7.47. The molecule has 0 spiro atoms. The quantitative estimate of drug-likeness (QED) is 0.0686. The van der Waals surface area contributed by atoms with Gasteiger partial charge in [-0.3, -0.25) is 4.57 Å². The third-order valence-electron chi connectivity index (χ3n) is 5.49. The molecular formula is C28H43O7P. The molecule has 1 aromatic rings. The van der Waals surface area contributed by atoms with Crippen molar-refractivity contribution in [2.75, 3.05) is 26.4 Å². The minimum Gasteiger partial charge on any atom is -0.463 e. The van der Waals surface area contributed by atoms with E-state index >= 15 is 0 Å². The Morgan fingerprint density at radius 1 is 0.611 bits per heavy atom. The number of ether oxygens (including phenoxy) is 2. The molecule has 0 heterocycles. The molecular weight excluding hydrogens is 479 g/mol. The molecule has 202 valence electrons. The van der Waals surface area contributed by atoms with Crippen LogP contribution in [0.25, 0.3) is 0 Å². The second kappa shape index (κ2) is 20.9. The lowest BCUT2D eigenvalue weighted by molar-refractivity contribution is -0.138. The highest BCUT2D eigenvalue weighted by atomic mass is 31.2.